The summed E-state index contributed by atoms with van der Waals surface area (Å²) in [6.45, 7) is 7.47. The third-order valence-corrected chi connectivity index (χ3v) is 15.4. The molecule has 2 bridgehead atoms. The third-order valence-electron chi connectivity index (χ3n) is 15.4. The van der Waals surface area contributed by atoms with Gasteiger partial charge in [-0.05, 0) is 79.6 Å². The lowest BCUT2D eigenvalue weighted by molar-refractivity contribution is -0.491. The SMILES string of the molecule is COc1ncccc1-c1ccc([C@H](CO)NC(=O)[C@@H]2CCCN2C(=O)[C@@H]([NH+]=C/C(=N\N)c2ccc(COc3c(-c4c(C)c(F)cc(N)c4C=N)c(C(F)(F)F)cc4c(N5C[C@@H]6C[C@H]5CN6)nc(OC[C@H](C)OC)nc34)cc2)C(C)C)cc1. The highest BCUT2D eigenvalue weighted by Gasteiger charge is 2.44. The average molecular weight is 1130 g/mol. The van der Waals surface area contributed by atoms with Crippen LogP contribution in [-0.2, 0) is 27.1 Å². The van der Waals surface area contributed by atoms with Crippen LogP contribution in [0.1, 0.15) is 79.5 Å². The zero-order valence-corrected chi connectivity index (χ0v) is 46.3. The van der Waals surface area contributed by atoms with Crippen molar-refractivity contribution in [3.05, 3.63) is 118 Å². The van der Waals surface area contributed by atoms with Crippen molar-refractivity contribution in [1.29, 1.82) is 5.41 Å². The number of anilines is 2. The van der Waals surface area contributed by atoms with Gasteiger partial charge in [-0.3, -0.25) is 9.59 Å². The van der Waals surface area contributed by atoms with Gasteiger partial charge < -0.3 is 61.5 Å². The lowest BCUT2D eigenvalue weighted by Crippen LogP contribution is -2.83. The number of amides is 2. The number of nitrogens with zero attached hydrogens (tertiary/aromatic N) is 6. The number of likely N-dealkylation sites (tertiary alicyclic amines) is 1. The number of piperazine rings is 1. The van der Waals surface area contributed by atoms with Crippen LogP contribution < -0.4 is 46.3 Å². The minimum atomic E-state index is -5.05. The first kappa shape index (κ1) is 58.4. The molecule has 2 aromatic heterocycles. The fraction of sp³-hybridized carbons (Fsp3) is 0.390. The van der Waals surface area contributed by atoms with E-state index in [0.717, 1.165) is 35.9 Å². The number of alkyl halides is 3. The molecule has 0 saturated carbocycles. The Morgan fingerprint density at radius 3 is 2.44 bits per heavy atom. The van der Waals surface area contributed by atoms with Crippen molar-refractivity contribution in [2.45, 2.75) is 96.1 Å². The number of ether oxygens (including phenoxy) is 4. The minimum absolute atomic E-state index is 0.00518. The lowest BCUT2D eigenvalue weighted by Gasteiger charge is -2.30. The maximum Gasteiger partial charge on any atom is 0.417 e. The molecule has 0 spiro atoms. The van der Waals surface area contributed by atoms with E-state index in [1.54, 1.807) is 55.5 Å². The van der Waals surface area contributed by atoms with Gasteiger partial charge in [-0.15, -0.1) is 0 Å². The van der Waals surface area contributed by atoms with E-state index in [9.17, 15) is 14.7 Å². The van der Waals surface area contributed by atoms with Crippen LogP contribution >= 0.6 is 0 Å². The Balaban J connectivity index is 0.984. The number of hydrogen-bond donors (Lipinski definition) is 7. The largest absolute Gasteiger partial charge is 0.486 e. The van der Waals surface area contributed by atoms with Gasteiger partial charge in [0.1, 0.15) is 36.4 Å². The van der Waals surface area contributed by atoms with Crippen molar-refractivity contribution >= 4 is 52.4 Å². The van der Waals surface area contributed by atoms with Crippen LogP contribution in [0.4, 0.5) is 29.1 Å². The van der Waals surface area contributed by atoms with E-state index in [1.165, 1.54) is 20.2 Å². The minimum Gasteiger partial charge on any atom is -0.486 e. The van der Waals surface area contributed by atoms with Crippen molar-refractivity contribution in [3.8, 4) is 39.9 Å². The van der Waals surface area contributed by atoms with E-state index in [-0.39, 0.29) is 100 Å². The molecule has 3 aliphatic heterocycles. The van der Waals surface area contributed by atoms with Crippen LogP contribution in [0.2, 0.25) is 0 Å². The molecule has 5 heterocycles. The molecule has 4 aromatic carbocycles. The molecule has 3 fully saturated rings. The van der Waals surface area contributed by atoms with Crippen LogP contribution in [0.25, 0.3) is 33.2 Å². The number of methoxy groups -OCH3 is 2. The molecule has 0 aliphatic carbocycles. The molecule has 0 unspecified atom stereocenters. The Bertz CT molecular complexity index is 3400. The van der Waals surface area contributed by atoms with Gasteiger partial charge in [-0.1, -0.05) is 62.4 Å². The fourth-order valence-corrected chi connectivity index (χ4v) is 10.9. The summed E-state index contributed by atoms with van der Waals surface area (Å²) < 4.78 is 86.6. The average Bonchev–Trinajstić information content (AvgIpc) is 4.11. The molecular weight excluding hydrogens is 1060 g/mol. The van der Waals surface area contributed by atoms with Gasteiger partial charge in [-0.2, -0.15) is 28.2 Å². The van der Waals surface area contributed by atoms with Crippen molar-refractivity contribution in [2.75, 3.05) is 57.7 Å². The molecule has 9 N–H and O–H groups in total. The van der Waals surface area contributed by atoms with Crippen LogP contribution in [0, 0.1) is 24.1 Å². The highest BCUT2D eigenvalue weighted by atomic mass is 19.4. The second kappa shape index (κ2) is 24.8. The maximum absolute atomic E-state index is 15.8. The third kappa shape index (κ3) is 12.0. The second-order valence-corrected chi connectivity index (χ2v) is 21.0. The number of nitrogens with one attached hydrogen (secondary N) is 4. The first-order valence-corrected chi connectivity index (χ1v) is 27.0. The topological polar surface area (TPSA) is 263 Å². The van der Waals surface area contributed by atoms with E-state index in [2.05, 4.69) is 25.7 Å². The van der Waals surface area contributed by atoms with E-state index in [4.69, 9.17) is 45.9 Å². The zero-order chi connectivity index (χ0) is 58.6. The zero-order valence-electron chi connectivity index (χ0n) is 46.3. The Hall–Kier alpha value is -8.28. The Labute approximate surface area is 471 Å². The van der Waals surface area contributed by atoms with Gasteiger partial charge in [0, 0.05) is 96.0 Å². The van der Waals surface area contributed by atoms with E-state index in [1.807, 2.05) is 49.1 Å². The number of hydrazone groups is 1. The van der Waals surface area contributed by atoms with Gasteiger partial charge in [-0.25, -0.2) is 14.4 Å². The quantitative estimate of drug-likeness (QED) is 0.0151. The number of aliphatic hydroxyl groups is 1. The summed E-state index contributed by atoms with van der Waals surface area (Å²) in [5, 5.41) is 29.1. The maximum atomic E-state index is 15.8. The number of carbonyl (C=O) groups is 2. The number of nitrogens with two attached hydrogens (primary N) is 2. The molecule has 3 aliphatic rings. The summed E-state index contributed by atoms with van der Waals surface area (Å²) in [6.07, 6.45) is 0.217. The van der Waals surface area contributed by atoms with Gasteiger partial charge in [0.15, 0.2) is 17.7 Å². The molecule has 2 amide bonds. The predicted octanol–water partition coefficient (Wildman–Crippen LogP) is 5.64. The summed E-state index contributed by atoms with van der Waals surface area (Å²) >= 11 is 0. The van der Waals surface area contributed by atoms with Crippen molar-refractivity contribution in [2.24, 2.45) is 16.9 Å². The van der Waals surface area contributed by atoms with Crippen molar-refractivity contribution in [1.82, 2.24) is 30.5 Å². The summed E-state index contributed by atoms with van der Waals surface area (Å²) in [6, 6.07) is 17.1. The molecule has 432 valence electrons. The predicted molar refractivity (Wildman–Crippen MR) is 303 cm³/mol. The second-order valence-electron chi connectivity index (χ2n) is 21.0. The summed E-state index contributed by atoms with van der Waals surface area (Å²) in [5.41, 5.74) is 7.06. The molecule has 23 heteroatoms. The number of carbonyl (C=O) groups excluding carboxylic acids is 2. The van der Waals surface area contributed by atoms with Gasteiger partial charge in [0.2, 0.25) is 17.8 Å². The summed E-state index contributed by atoms with van der Waals surface area (Å²) in [5.74, 6) is 4.37. The highest BCUT2D eigenvalue weighted by Crippen LogP contribution is 2.51. The van der Waals surface area contributed by atoms with Crippen molar-refractivity contribution < 1.29 is 56.2 Å². The first-order valence-electron chi connectivity index (χ1n) is 27.0. The molecule has 0 radical (unpaired) electrons. The normalized spacial score (nSPS) is 18.3. The van der Waals surface area contributed by atoms with Gasteiger partial charge in [0.25, 0.3) is 5.91 Å². The van der Waals surface area contributed by atoms with E-state index < -0.39 is 53.3 Å². The number of benzene rings is 4. The summed E-state index contributed by atoms with van der Waals surface area (Å²) in [7, 11) is 3.05. The molecular formula is C59H67F4N12O7+. The van der Waals surface area contributed by atoms with Gasteiger partial charge >= 0.3 is 12.2 Å². The van der Waals surface area contributed by atoms with Crippen LogP contribution in [0.5, 0.6) is 17.6 Å². The Kier molecular flexibility index (Phi) is 17.7. The first-order chi connectivity index (χ1) is 39.4. The molecule has 6 aromatic rings. The summed E-state index contributed by atoms with van der Waals surface area (Å²) in [4.78, 5) is 48.7. The molecule has 9 rings (SSSR count). The number of aromatic nitrogens is 3. The standard InChI is InChI=1S/C59H66F4N12O7/c1-31(2)51(57(78)74-20-8-10-48(74)55(77)70-47(28-76)37-17-15-35(16-18-37)40-9-7-19-67-56(40)80-6)69-26-46(73-66)36-13-11-34(12-14-36)30-81-53-50(49-33(4)44(60)23-45(65)42(49)24-64)43(59(61,62)63)22-41-52(53)71-58(82-29-32(3)79-5)72-54(41)75-27-38-21-39(75)25-68-38/h7,9,11-19,22-24,26,31-32,38-39,47-48,51,64,68,76H,8,10,20-21,25,27-30,65-66H2,1-6H3,(H,70,77)/p+1/b64-24?,69-26?,73-46+/t32-,38-,39-,47-,48-,51-/m0/s1. The number of pyridine rings is 1. The monoisotopic (exact) mass is 1130 g/mol. The van der Waals surface area contributed by atoms with Crippen LogP contribution in [-0.4, -0.2) is 132 Å². The number of halogens is 4. The van der Waals surface area contributed by atoms with Crippen molar-refractivity contribution in [3.63, 3.8) is 0 Å². The number of fused-ring (bicyclic) bond motifs is 3. The van der Waals surface area contributed by atoms with Crippen LogP contribution in [0.15, 0.2) is 84.1 Å². The number of hydrogen-bond acceptors (Lipinski definition) is 16. The number of aliphatic hydroxyl groups excluding tert-OH is 1. The fourth-order valence-electron chi connectivity index (χ4n) is 10.9. The molecule has 3 saturated heterocycles. The number of nitrogen functional groups attached to an aromatic ring is 1. The Morgan fingerprint density at radius 1 is 1.05 bits per heavy atom. The highest BCUT2D eigenvalue weighted by molar-refractivity contribution is 6.36. The van der Waals surface area contributed by atoms with Crippen LogP contribution in [0.3, 0.4) is 0 Å². The number of rotatable bonds is 21. The smallest absolute Gasteiger partial charge is 0.417 e. The van der Waals surface area contributed by atoms with E-state index >= 15 is 17.6 Å². The molecule has 6 atom stereocenters. The van der Waals surface area contributed by atoms with Gasteiger partial charge in [0.05, 0.1) is 31.4 Å². The van der Waals surface area contributed by atoms with E-state index in [0.29, 0.717) is 55.0 Å². The molecule has 82 heavy (non-hydrogen) atoms. The molecule has 19 nitrogen and oxygen atoms in total. The lowest BCUT2D eigenvalue weighted by atomic mass is 9.88. The Morgan fingerprint density at radius 2 is 1.80 bits per heavy atom.